The van der Waals surface area contributed by atoms with E-state index in [1.807, 2.05) is 0 Å². The van der Waals surface area contributed by atoms with Crippen LogP contribution in [-0.2, 0) is 0 Å². The molecule has 4 N–H and O–H groups in total. The molecule has 0 radical (unpaired) electrons. The van der Waals surface area contributed by atoms with Gasteiger partial charge in [-0.05, 0) is 25.1 Å². The van der Waals surface area contributed by atoms with E-state index < -0.39 is 11.5 Å². The first kappa shape index (κ1) is 13.7. The van der Waals surface area contributed by atoms with E-state index in [4.69, 9.17) is 0 Å². The van der Waals surface area contributed by atoms with Crippen molar-refractivity contribution in [3.63, 3.8) is 0 Å². The Morgan fingerprint density at radius 1 is 1.05 bits per heavy atom. The third kappa shape index (κ3) is 1.67. The smallest absolute Gasteiger partial charge is 0.168 e. The first-order valence-corrected chi connectivity index (χ1v) is 5.85. The molecule has 5 heteroatoms. The van der Waals surface area contributed by atoms with Crippen molar-refractivity contribution in [3.8, 4) is 23.0 Å². The average Bonchev–Trinajstić information content (AvgIpc) is 2.41. The Bertz CT molecular complexity index is 845. The van der Waals surface area contributed by atoms with Gasteiger partial charge < -0.3 is 20.4 Å². The summed E-state index contributed by atoms with van der Waals surface area (Å²) in [6, 6.07) is 1.33. The second kappa shape index (κ2) is 4.45. The summed E-state index contributed by atoms with van der Waals surface area (Å²) in [7, 11) is 0. The van der Waals surface area contributed by atoms with Crippen molar-refractivity contribution in [2.45, 2.75) is 13.8 Å². The molecule has 0 amide bonds. The van der Waals surface area contributed by atoms with Crippen LogP contribution in [0.5, 0.6) is 23.0 Å². The van der Waals surface area contributed by atoms with Crippen LogP contribution in [0.3, 0.4) is 0 Å². The zero-order valence-electron chi connectivity index (χ0n) is 11.1. The number of phenolic OH excluding ortho intramolecular Hbond substituents is 4. The highest BCUT2D eigenvalue weighted by atomic mass is 16.3. The topological polar surface area (TPSA) is 98.0 Å². The van der Waals surface area contributed by atoms with E-state index >= 15 is 0 Å². The molecule has 2 rings (SSSR count). The molecule has 0 heterocycles. The van der Waals surface area contributed by atoms with Gasteiger partial charge in [-0.3, -0.25) is 4.79 Å². The van der Waals surface area contributed by atoms with Crippen molar-refractivity contribution in [2.75, 3.05) is 0 Å². The molecule has 0 spiro atoms. The summed E-state index contributed by atoms with van der Waals surface area (Å²) in [6.07, 6.45) is 0.355. The van der Waals surface area contributed by atoms with Gasteiger partial charge in [-0.25, -0.2) is 0 Å². The minimum atomic E-state index is -0.622. The molecule has 0 aliphatic rings. The maximum Gasteiger partial charge on any atom is 0.168 e. The van der Waals surface area contributed by atoms with Gasteiger partial charge in [0.05, 0.1) is 10.8 Å². The van der Waals surface area contributed by atoms with Crippen molar-refractivity contribution in [3.05, 3.63) is 22.1 Å². The zero-order chi connectivity index (χ0) is 15.2. The van der Waals surface area contributed by atoms with Crippen molar-refractivity contribution in [1.82, 2.24) is 0 Å². The standard InChI is InChI=1S/C15H14O5/c1-6(2)8-4-10(17)9(5-16)12-11(8)13(18)7(3)14(19)15(12)20/h4-5,17-20H,3H2,1-2H3. The Morgan fingerprint density at radius 2 is 1.65 bits per heavy atom. The number of fused-ring (bicyclic) bond motifs is 1. The number of benzene rings is 2. The van der Waals surface area contributed by atoms with Crippen molar-refractivity contribution in [1.29, 1.82) is 0 Å². The number of carbonyl (C=O) groups is 1. The number of aromatic hydroxyl groups is 4. The molecule has 0 atom stereocenters. The van der Waals surface area contributed by atoms with E-state index in [1.54, 1.807) is 13.8 Å². The van der Waals surface area contributed by atoms with E-state index in [1.165, 1.54) is 6.07 Å². The first-order chi connectivity index (χ1) is 9.31. The summed E-state index contributed by atoms with van der Waals surface area (Å²) in [5, 5.41) is 40.2. The average molecular weight is 274 g/mol. The molecule has 2 aromatic rings. The summed E-state index contributed by atoms with van der Waals surface area (Å²) in [4.78, 5) is 11.1. The Labute approximate surface area is 114 Å². The Kier molecular flexibility index (Phi) is 3.06. The second-order valence-corrected chi connectivity index (χ2v) is 4.75. The van der Waals surface area contributed by atoms with Gasteiger partial charge in [0.2, 0.25) is 0 Å². The predicted molar refractivity (Wildman–Crippen MR) is 75.5 cm³/mol. The normalized spacial score (nSPS) is 10.7. The lowest BCUT2D eigenvalue weighted by atomic mass is 9.97. The molecule has 0 aliphatic heterocycles. The maximum atomic E-state index is 11.1. The highest BCUT2D eigenvalue weighted by molar-refractivity contribution is 6.08. The van der Waals surface area contributed by atoms with Crippen LogP contribution >= 0.6 is 0 Å². The van der Waals surface area contributed by atoms with Crippen LogP contribution in [0, 0.1) is 0 Å². The molecular formula is C15H14O5. The molecule has 0 saturated carbocycles. The zero-order valence-corrected chi connectivity index (χ0v) is 11.1. The van der Waals surface area contributed by atoms with E-state index in [-0.39, 0.29) is 33.1 Å². The molecule has 5 nitrogen and oxygen atoms in total. The van der Waals surface area contributed by atoms with E-state index in [9.17, 15) is 25.2 Å². The van der Waals surface area contributed by atoms with E-state index in [0.717, 1.165) is 5.57 Å². The number of phenols is 4. The van der Waals surface area contributed by atoms with Crippen LogP contribution in [0.2, 0.25) is 0 Å². The molecule has 0 unspecified atom stereocenters. The summed E-state index contributed by atoms with van der Waals surface area (Å²) in [5.41, 5.74) is 0.552. The van der Waals surface area contributed by atoms with Gasteiger partial charge in [0.1, 0.15) is 11.5 Å². The SMILES string of the molecule is C=c1c(O)c(O)c2c(C=O)c(O)cc(=C(C)C)c2c1O. The molecule has 0 aliphatic carbocycles. The summed E-state index contributed by atoms with van der Waals surface area (Å²) in [6.45, 7) is 6.99. The van der Waals surface area contributed by atoms with Gasteiger partial charge in [-0.15, -0.1) is 0 Å². The van der Waals surface area contributed by atoms with E-state index in [2.05, 4.69) is 6.58 Å². The second-order valence-electron chi connectivity index (χ2n) is 4.75. The Hall–Kier alpha value is -2.69. The van der Waals surface area contributed by atoms with Crippen LogP contribution in [0.15, 0.2) is 6.07 Å². The summed E-state index contributed by atoms with van der Waals surface area (Å²) < 4.78 is 0. The van der Waals surface area contributed by atoms with Gasteiger partial charge in [0, 0.05) is 10.8 Å². The third-order valence-corrected chi connectivity index (χ3v) is 3.27. The highest BCUT2D eigenvalue weighted by Gasteiger charge is 2.20. The van der Waals surface area contributed by atoms with Crippen molar-refractivity contribution < 1.29 is 25.2 Å². The van der Waals surface area contributed by atoms with Gasteiger partial charge in [0.15, 0.2) is 17.8 Å². The number of hydrogen-bond donors (Lipinski definition) is 4. The molecule has 20 heavy (non-hydrogen) atoms. The highest BCUT2D eigenvalue weighted by Crippen LogP contribution is 2.38. The lowest BCUT2D eigenvalue weighted by Gasteiger charge is -2.12. The monoisotopic (exact) mass is 274 g/mol. The molecule has 0 fully saturated rings. The Balaban J connectivity index is 3.39. The number of hydrogen-bond acceptors (Lipinski definition) is 5. The third-order valence-electron chi connectivity index (χ3n) is 3.27. The number of aldehydes is 1. The van der Waals surface area contributed by atoms with E-state index in [0.29, 0.717) is 11.5 Å². The van der Waals surface area contributed by atoms with Gasteiger partial charge in [-0.1, -0.05) is 12.2 Å². The largest absolute Gasteiger partial charge is 0.507 e. The maximum absolute atomic E-state index is 11.1. The molecule has 0 saturated heterocycles. The lowest BCUT2D eigenvalue weighted by molar-refractivity contribution is 0.112. The van der Waals surface area contributed by atoms with Crippen LogP contribution in [0.25, 0.3) is 22.9 Å². The minimum Gasteiger partial charge on any atom is -0.507 e. The van der Waals surface area contributed by atoms with Crippen LogP contribution < -0.4 is 10.4 Å². The molecule has 2 aromatic carbocycles. The fraction of sp³-hybridized carbons (Fsp3) is 0.133. The van der Waals surface area contributed by atoms with Crippen LogP contribution in [0.4, 0.5) is 0 Å². The molecule has 0 bridgehead atoms. The van der Waals surface area contributed by atoms with Crippen LogP contribution in [-0.4, -0.2) is 26.7 Å². The van der Waals surface area contributed by atoms with Crippen molar-refractivity contribution >= 4 is 29.2 Å². The van der Waals surface area contributed by atoms with Crippen molar-refractivity contribution in [2.24, 2.45) is 0 Å². The molecular weight excluding hydrogens is 260 g/mol. The van der Waals surface area contributed by atoms with Gasteiger partial charge >= 0.3 is 0 Å². The molecule has 104 valence electrons. The Morgan fingerprint density at radius 3 is 2.15 bits per heavy atom. The number of carbonyl (C=O) groups excluding carboxylic acids is 1. The fourth-order valence-corrected chi connectivity index (χ4v) is 2.21. The quantitative estimate of drug-likeness (QED) is 0.354. The fourth-order valence-electron chi connectivity index (χ4n) is 2.21. The van der Waals surface area contributed by atoms with Gasteiger partial charge in [0.25, 0.3) is 0 Å². The summed E-state index contributed by atoms with van der Waals surface area (Å²) >= 11 is 0. The lowest BCUT2D eigenvalue weighted by Crippen LogP contribution is -2.11. The van der Waals surface area contributed by atoms with Crippen LogP contribution in [0.1, 0.15) is 24.2 Å². The van der Waals surface area contributed by atoms with Gasteiger partial charge in [-0.2, -0.15) is 0 Å². The predicted octanol–water partition coefficient (Wildman–Crippen LogP) is 1.08. The first-order valence-electron chi connectivity index (χ1n) is 5.85. The summed E-state index contributed by atoms with van der Waals surface area (Å²) in [5.74, 6) is -1.89. The minimum absolute atomic E-state index is 0.0985. The number of rotatable bonds is 1. The molecule has 0 aromatic heterocycles.